The average molecular weight is 217 g/mol. The number of alkyl halides is 3. The summed E-state index contributed by atoms with van der Waals surface area (Å²) in [6, 6.07) is 2.27. The van der Waals surface area contributed by atoms with E-state index in [9.17, 15) is 18.0 Å². The summed E-state index contributed by atoms with van der Waals surface area (Å²) in [5.41, 5.74) is -0.271. The molecule has 1 aromatic heterocycles. The first-order valence-electron chi connectivity index (χ1n) is 4.41. The van der Waals surface area contributed by atoms with Gasteiger partial charge in [0.1, 0.15) is 5.78 Å². The largest absolute Gasteiger partial charge is 0.417 e. The molecule has 1 rings (SSSR count). The van der Waals surface area contributed by atoms with Crippen LogP contribution in [0.4, 0.5) is 13.2 Å². The third-order valence-corrected chi connectivity index (χ3v) is 1.89. The minimum absolute atomic E-state index is 0.00306. The fraction of sp³-hybridized carbons (Fsp3) is 0.400. The monoisotopic (exact) mass is 217 g/mol. The number of Topliss-reactive ketones (excluding diaryl/α,β-unsaturated/α-hetero) is 1. The third-order valence-electron chi connectivity index (χ3n) is 1.89. The number of pyridine rings is 1. The van der Waals surface area contributed by atoms with E-state index in [1.807, 2.05) is 0 Å². The molecule has 0 fully saturated rings. The summed E-state index contributed by atoms with van der Waals surface area (Å²) in [6.45, 7) is 1.43. The first-order chi connectivity index (χ1) is 6.89. The van der Waals surface area contributed by atoms with Gasteiger partial charge in [-0.15, -0.1) is 0 Å². The van der Waals surface area contributed by atoms with Crippen molar-refractivity contribution in [2.24, 2.45) is 0 Å². The Labute approximate surface area is 85.1 Å². The Hall–Kier alpha value is -1.39. The molecule has 0 spiro atoms. The van der Waals surface area contributed by atoms with Crippen molar-refractivity contribution >= 4 is 5.78 Å². The van der Waals surface area contributed by atoms with Gasteiger partial charge in [-0.1, -0.05) is 0 Å². The zero-order valence-electron chi connectivity index (χ0n) is 8.14. The van der Waals surface area contributed by atoms with Crippen LogP contribution in [0.5, 0.6) is 0 Å². The van der Waals surface area contributed by atoms with Crippen LogP contribution in [-0.4, -0.2) is 10.8 Å². The van der Waals surface area contributed by atoms with Crippen LogP contribution in [0.3, 0.4) is 0 Å². The van der Waals surface area contributed by atoms with Crippen molar-refractivity contribution in [3.05, 3.63) is 29.6 Å². The third kappa shape index (κ3) is 3.69. The summed E-state index contributed by atoms with van der Waals surface area (Å²) in [4.78, 5) is 14.3. The summed E-state index contributed by atoms with van der Waals surface area (Å²) in [6.07, 6.45) is -2.88. The zero-order valence-corrected chi connectivity index (χ0v) is 8.14. The molecule has 0 saturated heterocycles. The number of rotatable bonds is 3. The smallest absolute Gasteiger partial charge is 0.300 e. The normalized spacial score (nSPS) is 11.5. The Morgan fingerprint density at radius 3 is 2.47 bits per heavy atom. The van der Waals surface area contributed by atoms with Crippen molar-refractivity contribution in [1.29, 1.82) is 0 Å². The molecular weight excluding hydrogens is 207 g/mol. The summed E-state index contributed by atoms with van der Waals surface area (Å²) in [7, 11) is 0. The number of aryl methyl sites for hydroxylation is 1. The van der Waals surface area contributed by atoms with E-state index in [1.165, 1.54) is 13.0 Å². The Morgan fingerprint density at radius 2 is 2.07 bits per heavy atom. The fourth-order valence-electron chi connectivity index (χ4n) is 1.04. The second kappa shape index (κ2) is 4.42. The SMILES string of the molecule is CC(=O)CCc1ccc(C(F)(F)F)cn1. The summed E-state index contributed by atoms with van der Waals surface area (Å²) in [5, 5.41) is 0. The number of hydrogen-bond acceptors (Lipinski definition) is 2. The van der Waals surface area contributed by atoms with Crippen LogP contribution in [0.25, 0.3) is 0 Å². The first kappa shape index (κ1) is 11.7. The number of carbonyl (C=O) groups is 1. The molecule has 82 valence electrons. The molecule has 0 N–H and O–H groups in total. The molecule has 2 nitrogen and oxygen atoms in total. The van der Waals surface area contributed by atoms with E-state index in [1.54, 1.807) is 0 Å². The van der Waals surface area contributed by atoms with Gasteiger partial charge in [-0.2, -0.15) is 13.2 Å². The molecule has 1 aromatic rings. The van der Waals surface area contributed by atoms with Crippen LogP contribution < -0.4 is 0 Å². The van der Waals surface area contributed by atoms with E-state index >= 15 is 0 Å². The predicted molar refractivity (Wildman–Crippen MR) is 48.2 cm³/mol. The number of aromatic nitrogens is 1. The second-order valence-corrected chi connectivity index (χ2v) is 3.24. The lowest BCUT2D eigenvalue weighted by Crippen LogP contribution is -2.06. The lowest BCUT2D eigenvalue weighted by molar-refractivity contribution is -0.137. The number of ketones is 1. The van der Waals surface area contributed by atoms with Crippen LogP contribution in [0.2, 0.25) is 0 Å². The number of nitrogens with zero attached hydrogens (tertiary/aromatic N) is 1. The molecule has 15 heavy (non-hydrogen) atoms. The van der Waals surface area contributed by atoms with Crippen molar-refractivity contribution < 1.29 is 18.0 Å². The highest BCUT2D eigenvalue weighted by molar-refractivity contribution is 5.75. The Balaban J connectivity index is 2.69. The maximum absolute atomic E-state index is 12.1. The molecule has 0 amide bonds. The van der Waals surface area contributed by atoms with Gasteiger partial charge in [0.05, 0.1) is 5.56 Å². The van der Waals surface area contributed by atoms with E-state index in [2.05, 4.69) is 4.98 Å². The van der Waals surface area contributed by atoms with Crippen molar-refractivity contribution in [2.45, 2.75) is 25.9 Å². The van der Waals surface area contributed by atoms with Gasteiger partial charge < -0.3 is 4.79 Å². The predicted octanol–water partition coefficient (Wildman–Crippen LogP) is 2.62. The Morgan fingerprint density at radius 1 is 1.40 bits per heavy atom. The van der Waals surface area contributed by atoms with Crippen LogP contribution >= 0.6 is 0 Å². The molecule has 0 aliphatic carbocycles. The zero-order chi connectivity index (χ0) is 11.5. The van der Waals surface area contributed by atoms with Gasteiger partial charge in [0.2, 0.25) is 0 Å². The van der Waals surface area contributed by atoms with Gasteiger partial charge in [0, 0.05) is 18.3 Å². The van der Waals surface area contributed by atoms with Gasteiger partial charge in [0.15, 0.2) is 0 Å². The Bertz CT molecular complexity index is 343. The molecule has 0 aliphatic rings. The van der Waals surface area contributed by atoms with Crippen molar-refractivity contribution in [2.75, 3.05) is 0 Å². The standard InChI is InChI=1S/C10H10F3NO/c1-7(15)2-4-9-5-3-8(6-14-9)10(11,12)13/h3,5-6H,2,4H2,1H3. The topological polar surface area (TPSA) is 30.0 Å². The fourth-order valence-corrected chi connectivity index (χ4v) is 1.04. The van der Waals surface area contributed by atoms with Crippen molar-refractivity contribution in [3.63, 3.8) is 0 Å². The molecule has 0 aliphatic heterocycles. The van der Waals surface area contributed by atoms with E-state index in [4.69, 9.17) is 0 Å². The first-order valence-corrected chi connectivity index (χ1v) is 4.41. The lowest BCUT2D eigenvalue weighted by atomic mass is 10.1. The quantitative estimate of drug-likeness (QED) is 0.778. The highest BCUT2D eigenvalue weighted by atomic mass is 19.4. The van der Waals surface area contributed by atoms with Crippen LogP contribution in [0.1, 0.15) is 24.6 Å². The molecule has 0 aromatic carbocycles. The summed E-state index contributed by atoms with van der Waals surface area (Å²) < 4.78 is 36.4. The van der Waals surface area contributed by atoms with Crippen LogP contribution in [-0.2, 0) is 17.4 Å². The molecule has 1 heterocycles. The molecule has 0 atom stereocenters. The average Bonchev–Trinajstić information content (AvgIpc) is 2.14. The van der Waals surface area contributed by atoms with E-state index < -0.39 is 11.7 Å². The second-order valence-electron chi connectivity index (χ2n) is 3.24. The van der Waals surface area contributed by atoms with Gasteiger partial charge in [0.25, 0.3) is 0 Å². The van der Waals surface area contributed by atoms with Gasteiger partial charge in [-0.25, -0.2) is 0 Å². The lowest BCUT2D eigenvalue weighted by Gasteiger charge is -2.06. The van der Waals surface area contributed by atoms with Crippen LogP contribution in [0.15, 0.2) is 18.3 Å². The van der Waals surface area contributed by atoms with E-state index in [0.717, 1.165) is 12.3 Å². The number of halogens is 3. The summed E-state index contributed by atoms with van der Waals surface area (Å²) in [5.74, 6) is -0.00306. The van der Waals surface area contributed by atoms with E-state index in [0.29, 0.717) is 18.5 Å². The van der Waals surface area contributed by atoms with Gasteiger partial charge >= 0.3 is 6.18 Å². The Kier molecular flexibility index (Phi) is 3.44. The maximum Gasteiger partial charge on any atom is 0.417 e. The summed E-state index contributed by atoms with van der Waals surface area (Å²) >= 11 is 0. The van der Waals surface area contributed by atoms with Crippen molar-refractivity contribution in [3.8, 4) is 0 Å². The minimum atomic E-state index is -4.36. The number of carbonyl (C=O) groups excluding carboxylic acids is 1. The van der Waals surface area contributed by atoms with Gasteiger partial charge in [-0.3, -0.25) is 4.98 Å². The molecular formula is C10H10F3NO. The van der Waals surface area contributed by atoms with Crippen molar-refractivity contribution in [1.82, 2.24) is 4.98 Å². The maximum atomic E-state index is 12.1. The van der Waals surface area contributed by atoms with E-state index in [-0.39, 0.29) is 5.78 Å². The van der Waals surface area contributed by atoms with Crippen LogP contribution in [0, 0.1) is 0 Å². The number of hydrogen-bond donors (Lipinski definition) is 0. The molecule has 0 radical (unpaired) electrons. The molecule has 0 saturated carbocycles. The molecule has 5 heteroatoms. The molecule has 0 bridgehead atoms. The molecule has 0 unspecified atom stereocenters. The minimum Gasteiger partial charge on any atom is -0.300 e. The highest BCUT2D eigenvalue weighted by Gasteiger charge is 2.30. The van der Waals surface area contributed by atoms with Gasteiger partial charge in [-0.05, 0) is 25.5 Å². The highest BCUT2D eigenvalue weighted by Crippen LogP contribution is 2.28.